The molecule has 0 aromatic heterocycles. The molecule has 2 amide bonds. The van der Waals surface area contributed by atoms with Crippen molar-refractivity contribution in [1.82, 2.24) is 5.32 Å². The summed E-state index contributed by atoms with van der Waals surface area (Å²) in [5.41, 5.74) is 2.61. The smallest absolute Gasteiger partial charge is 0.275 e. The molecule has 0 aliphatic rings. The zero-order valence-corrected chi connectivity index (χ0v) is 15.1. The van der Waals surface area contributed by atoms with Crippen LogP contribution < -0.4 is 16.0 Å². The Balaban J connectivity index is 1.74. The maximum absolute atomic E-state index is 12.0. The lowest BCUT2D eigenvalue weighted by Gasteiger charge is -2.12. The van der Waals surface area contributed by atoms with Gasteiger partial charge < -0.3 is 16.0 Å². The maximum atomic E-state index is 12.0. The Bertz CT molecular complexity index is 735. The van der Waals surface area contributed by atoms with Crippen molar-refractivity contribution in [1.29, 1.82) is 0 Å². The van der Waals surface area contributed by atoms with Gasteiger partial charge in [0, 0.05) is 16.3 Å². The summed E-state index contributed by atoms with van der Waals surface area (Å²) >= 11 is 6.02. The second-order valence-electron chi connectivity index (χ2n) is 5.88. The van der Waals surface area contributed by atoms with E-state index in [2.05, 4.69) is 10.6 Å². The highest BCUT2D eigenvalue weighted by molar-refractivity contribution is 6.31. The monoisotopic (exact) mass is 360 g/mol. The van der Waals surface area contributed by atoms with E-state index < -0.39 is 0 Å². The number of nitrogens with two attached hydrogens (primary N) is 1. The molecule has 0 spiro atoms. The molecule has 5 nitrogen and oxygen atoms in total. The van der Waals surface area contributed by atoms with Gasteiger partial charge in [-0.3, -0.25) is 9.59 Å². The molecule has 4 N–H and O–H groups in total. The Morgan fingerprint density at radius 1 is 1.08 bits per heavy atom. The highest BCUT2D eigenvalue weighted by Crippen LogP contribution is 2.22. The van der Waals surface area contributed by atoms with Crippen molar-refractivity contribution in [2.75, 3.05) is 18.4 Å². The molecule has 0 heterocycles. The van der Waals surface area contributed by atoms with E-state index >= 15 is 0 Å². The summed E-state index contributed by atoms with van der Waals surface area (Å²) in [6, 6.07) is 15.4. The predicted molar refractivity (Wildman–Crippen MR) is 99.5 cm³/mol. The number of carbonyl (C=O) groups is 2. The van der Waals surface area contributed by atoms with Gasteiger partial charge in [0.2, 0.25) is 5.91 Å². The van der Waals surface area contributed by atoms with Gasteiger partial charge in [-0.2, -0.15) is 0 Å². The van der Waals surface area contributed by atoms with Crippen LogP contribution in [0.4, 0.5) is 5.69 Å². The minimum atomic E-state index is -0.283. The van der Waals surface area contributed by atoms with E-state index in [0.29, 0.717) is 10.7 Å². The molecule has 25 heavy (non-hydrogen) atoms. The van der Waals surface area contributed by atoms with E-state index in [4.69, 9.17) is 11.6 Å². The third kappa shape index (κ3) is 5.89. The Hall–Kier alpha value is -2.37. The van der Waals surface area contributed by atoms with E-state index in [9.17, 15) is 9.59 Å². The third-order valence-electron chi connectivity index (χ3n) is 3.97. The maximum Gasteiger partial charge on any atom is 0.275 e. The van der Waals surface area contributed by atoms with Crippen LogP contribution in [-0.2, 0) is 9.59 Å². The number of benzene rings is 2. The van der Waals surface area contributed by atoms with Crippen LogP contribution in [0, 0.1) is 6.92 Å². The van der Waals surface area contributed by atoms with Crippen LogP contribution in [0.3, 0.4) is 0 Å². The van der Waals surface area contributed by atoms with Gasteiger partial charge in [0.15, 0.2) is 6.54 Å². The highest BCUT2D eigenvalue weighted by atomic mass is 35.5. The summed E-state index contributed by atoms with van der Waals surface area (Å²) in [7, 11) is 0. The molecule has 0 radical (unpaired) electrons. The largest absolute Gasteiger partial charge is 0.342 e. The molecule has 0 saturated carbocycles. The summed E-state index contributed by atoms with van der Waals surface area (Å²) in [5, 5.41) is 7.90. The third-order valence-corrected chi connectivity index (χ3v) is 4.38. The number of anilines is 1. The summed E-state index contributed by atoms with van der Waals surface area (Å²) in [4.78, 5) is 23.9. The van der Waals surface area contributed by atoms with E-state index in [1.165, 1.54) is 0 Å². The molecule has 2 aromatic rings. The van der Waals surface area contributed by atoms with Gasteiger partial charge in [-0.25, -0.2) is 0 Å². The minimum absolute atomic E-state index is 0.0711. The zero-order valence-electron chi connectivity index (χ0n) is 14.4. The molecular formula is C19H23ClN3O2+. The molecule has 0 fully saturated rings. The van der Waals surface area contributed by atoms with Crippen LogP contribution in [0.15, 0.2) is 48.5 Å². The fraction of sp³-hybridized carbons (Fsp3) is 0.263. The van der Waals surface area contributed by atoms with Crippen LogP contribution in [0.1, 0.15) is 24.1 Å². The summed E-state index contributed by atoms with van der Waals surface area (Å²) < 4.78 is 0. The summed E-state index contributed by atoms with van der Waals surface area (Å²) in [5.74, 6) is -0.462. The molecule has 0 aliphatic heterocycles. The predicted octanol–water partition coefficient (Wildman–Crippen LogP) is 2.03. The first-order valence-corrected chi connectivity index (χ1v) is 8.55. The van der Waals surface area contributed by atoms with Gasteiger partial charge in [-0.1, -0.05) is 48.0 Å². The second-order valence-corrected chi connectivity index (χ2v) is 6.28. The summed E-state index contributed by atoms with van der Waals surface area (Å²) in [6.07, 6.45) is 0. The number of amides is 2. The van der Waals surface area contributed by atoms with Crippen molar-refractivity contribution in [2.45, 2.75) is 19.9 Å². The quantitative estimate of drug-likeness (QED) is 0.706. The first kappa shape index (κ1) is 19.0. The molecule has 0 unspecified atom stereocenters. The van der Waals surface area contributed by atoms with Crippen molar-refractivity contribution < 1.29 is 14.9 Å². The first-order chi connectivity index (χ1) is 12.0. The van der Waals surface area contributed by atoms with Gasteiger partial charge in [0.25, 0.3) is 5.91 Å². The first-order valence-electron chi connectivity index (χ1n) is 8.17. The fourth-order valence-corrected chi connectivity index (χ4v) is 2.54. The van der Waals surface area contributed by atoms with Gasteiger partial charge in [-0.15, -0.1) is 0 Å². The van der Waals surface area contributed by atoms with Gasteiger partial charge in [0.1, 0.15) is 6.04 Å². The van der Waals surface area contributed by atoms with E-state index in [0.717, 1.165) is 11.1 Å². The topological polar surface area (TPSA) is 74.8 Å². The molecule has 132 valence electrons. The highest BCUT2D eigenvalue weighted by Gasteiger charge is 2.12. The number of carbonyl (C=O) groups excluding carboxylic acids is 2. The molecule has 2 aromatic carbocycles. The normalized spacial score (nSPS) is 11.6. The Morgan fingerprint density at radius 3 is 2.52 bits per heavy atom. The number of hydrogen-bond acceptors (Lipinski definition) is 2. The standard InChI is InChI=1S/C19H22ClN3O2/c1-13-16(20)9-6-10-17(13)23-19(25)12-22-18(24)11-21-14(2)15-7-4-3-5-8-15/h3-10,14,21H,11-12H2,1-2H3,(H,22,24)(H,23,25)/p+1/t14-/m1/s1. The number of nitrogens with one attached hydrogen (secondary N) is 2. The SMILES string of the molecule is Cc1c(Cl)cccc1NC(=O)CNC(=O)C[NH2+][C@H](C)c1ccccc1. The average Bonchev–Trinajstić information content (AvgIpc) is 2.62. The molecule has 2 rings (SSSR count). The Labute approximate surface area is 152 Å². The van der Waals surface area contributed by atoms with Crippen LogP contribution >= 0.6 is 11.6 Å². The van der Waals surface area contributed by atoms with E-state index in [-0.39, 0.29) is 30.9 Å². The number of quaternary nitrogens is 1. The lowest BCUT2D eigenvalue weighted by atomic mass is 10.1. The molecular weight excluding hydrogens is 338 g/mol. The molecule has 0 aliphatic carbocycles. The van der Waals surface area contributed by atoms with Crippen LogP contribution in [-0.4, -0.2) is 24.9 Å². The lowest BCUT2D eigenvalue weighted by molar-refractivity contribution is -0.682. The summed E-state index contributed by atoms with van der Waals surface area (Å²) in [6.45, 7) is 4.06. The van der Waals surface area contributed by atoms with Crippen molar-refractivity contribution in [3.05, 3.63) is 64.7 Å². The molecule has 1 atom stereocenters. The number of hydrogen-bond donors (Lipinski definition) is 3. The van der Waals surface area contributed by atoms with Gasteiger partial charge in [0.05, 0.1) is 6.54 Å². The van der Waals surface area contributed by atoms with E-state index in [1.807, 2.05) is 49.5 Å². The van der Waals surface area contributed by atoms with Crippen LogP contribution in [0.2, 0.25) is 5.02 Å². The second kappa shape index (κ2) is 9.20. The van der Waals surface area contributed by atoms with Gasteiger partial charge >= 0.3 is 0 Å². The lowest BCUT2D eigenvalue weighted by Crippen LogP contribution is -2.87. The average molecular weight is 361 g/mol. The fourth-order valence-electron chi connectivity index (χ4n) is 2.36. The molecule has 6 heteroatoms. The molecule has 0 saturated heterocycles. The van der Waals surface area contributed by atoms with Gasteiger partial charge in [-0.05, 0) is 31.5 Å². The molecule has 0 bridgehead atoms. The number of rotatable bonds is 7. The Kier molecular flexibility index (Phi) is 6.98. The van der Waals surface area contributed by atoms with E-state index in [1.54, 1.807) is 18.2 Å². The minimum Gasteiger partial charge on any atom is -0.342 e. The van der Waals surface area contributed by atoms with Crippen molar-refractivity contribution in [2.24, 2.45) is 0 Å². The number of halogens is 1. The van der Waals surface area contributed by atoms with Crippen molar-refractivity contribution in [3.8, 4) is 0 Å². The van der Waals surface area contributed by atoms with Crippen LogP contribution in [0.5, 0.6) is 0 Å². The van der Waals surface area contributed by atoms with Crippen LogP contribution in [0.25, 0.3) is 0 Å². The Morgan fingerprint density at radius 2 is 1.80 bits per heavy atom. The van der Waals surface area contributed by atoms with Crippen molar-refractivity contribution in [3.63, 3.8) is 0 Å². The van der Waals surface area contributed by atoms with Crippen molar-refractivity contribution >= 4 is 29.1 Å². The zero-order chi connectivity index (χ0) is 18.2.